The van der Waals surface area contributed by atoms with Crippen LogP contribution in [0.15, 0.2) is 54.6 Å². The summed E-state index contributed by atoms with van der Waals surface area (Å²) >= 11 is 0. The first-order chi connectivity index (χ1) is 12.8. The monoisotopic (exact) mass is 364 g/mol. The summed E-state index contributed by atoms with van der Waals surface area (Å²) in [6.07, 6.45) is 1.39. The third-order valence-electron chi connectivity index (χ3n) is 5.23. The molecule has 3 rings (SSSR count). The van der Waals surface area contributed by atoms with Crippen LogP contribution in [-0.2, 0) is 22.3 Å². The molecule has 1 aliphatic rings. The van der Waals surface area contributed by atoms with Gasteiger partial charge in [-0.05, 0) is 28.5 Å². The zero-order chi connectivity index (χ0) is 19.7. The normalized spacial score (nSPS) is 20.1. The molecule has 1 atom stereocenters. The van der Waals surface area contributed by atoms with Crippen LogP contribution in [0.25, 0.3) is 0 Å². The summed E-state index contributed by atoms with van der Waals surface area (Å²) in [6, 6.07) is 17.4. The quantitative estimate of drug-likeness (QED) is 0.780. The van der Waals surface area contributed by atoms with E-state index in [1.807, 2.05) is 49.4 Å². The van der Waals surface area contributed by atoms with Crippen molar-refractivity contribution in [1.82, 2.24) is 10.2 Å². The van der Waals surface area contributed by atoms with Gasteiger partial charge in [-0.1, -0.05) is 88.7 Å². The molecule has 1 saturated heterocycles. The predicted octanol–water partition coefficient (Wildman–Crippen LogP) is 4.73. The number of carbonyl (C=O) groups is 2. The lowest BCUT2D eigenvalue weighted by atomic mass is 9.85. The van der Waals surface area contributed by atoms with Crippen molar-refractivity contribution in [3.05, 3.63) is 71.3 Å². The molecule has 1 N–H and O–H groups in total. The van der Waals surface area contributed by atoms with Crippen LogP contribution in [0.2, 0.25) is 0 Å². The standard InChI is InChI=1S/C23H28N2O2/c1-5-15-23(19-9-7-6-8-10-19)20(26)25(21(27)24-23)16-17-11-13-18(14-12-17)22(2,3)4/h6-14H,5,15-16H2,1-4H3,(H,24,27). The second kappa shape index (κ2) is 7.18. The van der Waals surface area contributed by atoms with Crippen LogP contribution in [0, 0.1) is 0 Å². The first-order valence-electron chi connectivity index (χ1n) is 9.57. The number of nitrogens with zero attached hydrogens (tertiary/aromatic N) is 1. The van der Waals surface area contributed by atoms with Crippen molar-refractivity contribution in [2.75, 3.05) is 0 Å². The summed E-state index contributed by atoms with van der Waals surface area (Å²) in [7, 11) is 0. The van der Waals surface area contributed by atoms with Crippen LogP contribution < -0.4 is 5.32 Å². The maximum absolute atomic E-state index is 13.3. The molecule has 1 unspecified atom stereocenters. The smallest absolute Gasteiger partial charge is 0.319 e. The van der Waals surface area contributed by atoms with Crippen molar-refractivity contribution in [2.24, 2.45) is 0 Å². The molecule has 1 fully saturated rings. The van der Waals surface area contributed by atoms with Crippen molar-refractivity contribution in [2.45, 2.75) is 58.0 Å². The van der Waals surface area contributed by atoms with E-state index in [0.29, 0.717) is 6.42 Å². The van der Waals surface area contributed by atoms with Gasteiger partial charge in [0.25, 0.3) is 5.91 Å². The summed E-state index contributed by atoms with van der Waals surface area (Å²) in [5.41, 5.74) is 2.14. The lowest BCUT2D eigenvalue weighted by Gasteiger charge is -2.27. The van der Waals surface area contributed by atoms with E-state index in [4.69, 9.17) is 0 Å². The number of amides is 3. The Morgan fingerprint density at radius 2 is 1.59 bits per heavy atom. The number of urea groups is 1. The Kier molecular flexibility index (Phi) is 5.09. The Morgan fingerprint density at radius 1 is 0.963 bits per heavy atom. The Hall–Kier alpha value is -2.62. The lowest BCUT2D eigenvalue weighted by molar-refractivity contribution is -0.132. The van der Waals surface area contributed by atoms with Gasteiger partial charge in [0.1, 0.15) is 5.54 Å². The fraction of sp³-hybridized carbons (Fsp3) is 0.391. The molecule has 2 aromatic rings. The highest BCUT2D eigenvalue weighted by Crippen LogP contribution is 2.34. The second-order valence-corrected chi connectivity index (χ2v) is 8.29. The summed E-state index contributed by atoms with van der Waals surface area (Å²) in [5, 5.41) is 2.98. The molecule has 0 bridgehead atoms. The molecule has 0 aromatic heterocycles. The molecule has 4 heteroatoms. The van der Waals surface area contributed by atoms with Crippen LogP contribution in [-0.4, -0.2) is 16.8 Å². The van der Waals surface area contributed by atoms with Crippen LogP contribution in [0.1, 0.15) is 57.2 Å². The Balaban J connectivity index is 1.87. The number of nitrogens with one attached hydrogen (secondary N) is 1. The van der Waals surface area contributed by atoms with Gasteiger partial charge in [0.05, 0.1) is 6.54 Å². The molecule has 0 spiro atoms. The van der Waals surface area contributed by atoms with E-state index in [9.17, 15) is 9.59 Å². The average Bonchev–Trinajstić information content (AvgIpc) is 2.88. The molecule has 0 aliphatic carbocycles. The minimum absolute atomic E-state index is 0.0724. The van der Waals surface area contributed by atoms with E-state index in [2.05, 4.69) is 38.2 Å². The van der Waals surface area contributed by atoms with Crippen LogP contribution in [0.4, 0.5) is 4.79 Å². The van der Waals surface area contributed by atoms with Gasteiger partial charge >= 0.3 is 6.03 Å². The van der Waals surface area contributed by atoms with Crippen molar-refractivity contribution < 1.29 is 9.59 Å². The Bertz CT molecular complexity index is 822. The summed E-state index contributed by atoms with van der Waals surface area (Å²) in [6.45, 7) is 8.81. The maximum atomic E-state index is 13.3. The fourth-order valence-electron chi connectivity index (χ4n) is 3.67. The average molecular weight is 364 g/mol. The van der Waals surface area contributed by atoms with Gasteiger partial charge in [-0.15, -0.1) is 0 Å². The summed E-state index contributed by atoms with van der Waals surface area (Å²) in [4.78, 5) is 27.3. The minimum atomic E-state index is -0.960. The molecule has 0 saturated carbocycles. The first kappa shape index (κ1) is 19.2. The number of hydrogen-bond acceptors (Lipinski definition) is 2. The zero-order valence-corrected chi connectivity index (χ0v) is 16.6. The molecular formula is C23H28N2O2. The molecule has 1 heterocycles. The van der Waals surface area contributed by atoms with Gasteiger partial charge in [0.2, 0.25) is 0 Å². The van der Waals surface area contributed by atoms with E-state index in [1.54, 1.807) is 0 Å². The molecule has 3 amide bonds. The highest BCUT2D eigenvalue weighted by molar-refractivity contribution is 6.07. The van der Waals surface area contributed by atoms with Gasteiger partial charge in [0.15, 0.2) is 0 Å². The first-order valence-corrected chi connectivity index (χ1v) is 9.57. The molecular weight excluding hydrogens is 336 g/mol. The van der Waals surface area contributed by atoms with E-state index >= 15 is 0 Å². The molecule has 27 heavy (non-hydrogen) atoms. The summed E-state index contributed by atoms with van der Waals surface area (Å²) < 4.78 is 0. The van der Waals surface area contributed by atoms with Gasteiger partial charge in [-0.2, -0.15) is 0 Å². The molecule has 4 nitrogen and oxygen atoms in total. The third-order valence-corrected chi connectivity index (χ3v) is 5.23. The Labute approximate surface area is 161 Å². The SMILES string of the molecule is CCCC1(c2ccccc2)NC(=O)N(Cc2ccc(C(C)(C)C)cc2)C1=O. The van der Waals surface area contributed by atoms with E-state index in [-0.39, 0.29) is 23.9 Å². The highest BCUT2D eigenvalue weighted by atomic mass is 16.2. The molecule has 142 valence electrons. The predicted molar refractivity (Wildman–Crippen MR) is 107 cm³/mol. The van der Waals surface area contributed by atoms with Crippen LogP contribution >= 0.6 is 0 Å². The van der Waals surface area contributed by atoms with E-state index in [1.165, 1.54) is 10.5 Å². The van der Waals surface area contributed by atoms with Gasteiger partial charge in [0, 0.05) is 0 Å². The third kappa shape index (κ3) is 3.61. The largest absolute Gasteiger partial charge is 0.325 e. The number of rotatable bonds is 5. The van der Waals surface area contributed by atoms with Crippen molar-refractivity contribution in [3.8, 4) is 0 Å². The maximum Gasteiger partial charge on any atom is 0.325 e. The summed E-state index contributed by atoms with van der Waals surface area (Å²) in [5.74, 6) is -0.166. The second-order valence-electron chi connectivity index (χ2n) is 8.29. The number of hydrogen-bond donors (Lipinski definition) is 1. The topological polar surface area (TPSA) is 49.4 Å². The van der Waals surface area contributed by atoms with Crippen LogP contribution in [0.3, 0.4) is 0 Å². The lowest BCUT2D eigenvalue weighted by Crippen LogP contribution is -2.43. The highest BCUT2D eigenvalue weighted by Gasteiger charge is 2.51. The van der Waals surface area contributed by atoms with E-state index < -0.39 is 5.54 Å². The van der Waals surface area contributed by atoms with Crippen molar-refractivity contribution in [1.29, 1.82) is 0 Å². The molecule has 0 radical (unpaired) electrons. The molecule has 1 aliphatic heterocycles. The van der Waals surface area contributed by atoms with Gasteiger partial charge < -0.3 is 5.32 Å². The van der Waals surface area contributed by atoms with Crippen molar-refractivity contribution >= 4 is 11.9 Å². The number of imide groups is 1. The van der Waals surface area contributed by atoms with Crippen LogP contribution in [0.5, 0.6) is 0 Å². The fourth-order valence-corrected chi connectivity index (χ4v) is 3.67. The number of benzene rings is 2. The Morgan fingerprint density at radius 3 is 2.15 bits per heavy atom. The van der Waals surface area contributed by atoms with Crippen molar-refractivity contribution in [3.63, 3.8) is 0 Å². The number of carbonyl (C=O) groups excluding carboxylic acids is 2. The zero-order valence-electron chi connectivity index (χ0n) is 16.6. The molecule has 2 aromatic carbocycles. The van der Waals surface area contributed by atoms with E-state index in [0.717, 1.165) is 17.5 Å². The van der Waals surface area contributed by atoms with Gasteiger partial charge in [-0.3, -0.25) is 9.69 Å². The minimum Gasteiger partial charge on any atom is -0.319 e. The van der Waals surface area contributed by atoms with Gasteiger partial charge in [-0.25, -0.2) is 4.79 Å².